The Bertz CT molecular complexity index is 522. The molecule has 0 aromatic carbocycles. The van der Waals surface area contributed by atoms with Crippen molar-refractivity contribution in [2.75, 3.05) is 6.61 Å². The van der Waals surface area contributed by atoms with Crippen molar-refractivity contribution in [1.29, 1.82) is 0 Å². The van der Waals surface area contributed by atoms with Crippen molar-refractivity contribution < 1.29 is 19.1 Å². The lowest BCUT2D eigenvalue weighted by molar-refractivity contribution is -0.0609. The number of rotatable bonds is 2. The molecule has 1 aliphatic rings. The van der Waals surface area contributed by atoms with E-state index in [0.717, 1.165) is 0 Å². The molecule has 2 atom stereocenters. The molecule has 1 aliphatic heterocycles. The molecule has 2 N–H and O–H groups in total. The van der Waals surface area contributed by atoms with Crippen molar-refractivity contribution >= 4 is 6.09 Å². The molecule has 0 saturated carbocycles. The Labute approximate surface area is 115 Å². The van der Waals surface area contributed by atoms with E-state index in [0.29, 0.717) is 12.8 Å². The Morgan fingerprint density at radius 2 is 2.15 bits per heavy atom. The van der Waals surface area contributed by atoms with E-state index in [4.69, 9.17) is 9.15 Å². The van der Waals surface area contributed by atoms with E-state index >= 15 is 0 Å². The molecular formula is C12H19N3O5. The highest BCUT2D eigenvalue weighted by molar-refractivity contribution is 5.66. The van der Waals surface area contributed by atoms with Crippen molar-refractivity contribution in [3.63, 3.8) is 0 Å². The van der Waals surface area contributed by atoms with E-state index in [-0.39, 0.29) is 18.5 Å². The van der Waals surface area contributed by atoms with Gasteiger partial charge in [0.25, 0.3) is 0 Å². The van der Waals surface area contributed by atoms with Gasteiger partial charge in [0.1, 0.15) is 6.10 Å². The maximum absolute atomic E-state index is 11.4. The molecule has 20 heavy (non-hydrogen) atoms. The van der Waals surface area contributed by atoms with E-state index in [2.05, 4.69) is 10.2 Å². The summed E-state index contributed by atoms with van der Waals surface area (Å²) in [6.45, 7) is 5.80. The van der Waals surface area contributed by atoms with Gasteiger partial charge in [0.05, 0.1) is 12.6 Å². The number of aromatic amines is 1. The molecule has 0 unspecified atom stereocenters. The number of ether oxygens (including phenoxy) is 1. The Kier molecular flexibility index (Phi) is 3.85. The fourth-order valence-electron chi connectivity index (χ4n) is 2.51. The van der Waals surface area contributed by atoms with Gasteiger partial charge in [-0.15, -0.1) is 5.10 Å². The van der Waals surface area contributed by atoms with Crippen molar-refractivity contribution in [2.45, 2.75) is 51.3 Å². The van der Waals surface area contributed by atoms with Crippen molar-refractivity contribution in [3.8, 4) is 0 Å². The SMILES string of the molecule is CC(C)(C)N(C(=O)O)[C@@H]1CC[C@@H](c2n[nH]c(=O)o2)OC1. The molecule has 8 heteroatoms. The summed E-state index contributed by atoms with van der Waals surface area (Å²) < 4.78 is 10.5. The zero-order valence-electron chi connectivity index (χ0n) is 11.8. The molecule has 2 rings (SSSR count). The minimum atomic E-state index is -0.962. The molecule has 0 radical (unpaired) electrons. The summed E-state index contributed by atoms with van der Waals surface area (Å²) in [5.41, 5.74) is -0.494. The van der Waals surface area contributed by atoms with Crippen LogP contribution in [0.1, 0.15) is 45.6 Å². The summed E-state index contributed by atoms with van der Waals surface area (Å²) in [5, 5.41) is 15.3. The molecule has 0 aliphatic carbocycles. The molecule has 112 valence electrons. The van der Waals surface area contributed by atoms with Crippen LogP contribution in [0.4, 0.5) is 4.79 Å². The van der Waals surface area contributed by atoms with E-state index < -0.39 is 23.5 Å². The van der Waals surface area contributed by atoms with Gasteiger partial charge in [-0.25, -0.2) is 14.7 Å². The highest BCUT2D eigenvalue weighted by atomic mass is 16.5. The van der Waals surface area contributed by atoms with Gasteiger partial charge >= 0.3 is 11.8 Å². The summed E-state index contributed by atoms with van der Waals surface area (Å²) >= 11 is 0. The topological polar surface area (TPSA) is 109 Å². The second-order valence-electron chi connectivity index (χ2n) is 5.83. The molecule has 0 bridgehead atoms. The zero-order chi connectivity index (χ0) is 14.9. The van der Waals surface area contributed by atoms with Crippen molar-refractivity contribution in [2.24, 2.45) is 0 Å². The summed E-state index contributed by atoms with van der Waals surface area (Å²) in [5.74, 6) is -0.404. The van der Waals surface area contributed by atoms with Crippen LogP contribution >= 0.6 is 0 Å². The number of nitrogens with zero attached hydrogens (tertiary/aromatic N) is 2. The first-order chi connectivity index (χ1) is 9.29. The third-order valence-corrected chi connectivity index (χ3v) is 3.28. The van der Waals surface area contributed by atoms with Crippen LogP contribution in [0.2, 0.25) is 0 Å². The van der Waals surface area contributed by atoms with Crippen LogP contribution in [-0.2, 0) is 4.74 Å². The number of nitrogens with one attached hydrogen (secondary N) is 1. The summed E-state index contributed by atoms with van der Waals surface area (Å²) in [6.07, 6.45) is -0.181. The van der Waals surface area contributed by atoms with Crippen LogP contribution in [0, 0.1) is 0 Å². The number of hydrogen-bond donors (Lipinski definition) is 2. The minimum absolute atomic E-state index is 0.214. The predicted octanol–water partition coefficient (Wildman–Crippen LogP) is 1.36. The quantitative estimate of drug-likeness (QED) is 0.849. The molecule has 1 fully saturated rings. The number of carbonyl (C=O) groups is 1. The van der Waals surface area contributed by atoms with Crippen LogP contribution in [0.15, 0.2) is 9.21 Å². The summed E-state index contributed by atoms with van der Waals surface area (Å²) in [4.78, 5) is 23.7. The highest BCUT2D eigenvalue weighted by Crippen LogP contribution is 2.30. The van der Waals surface area contributed by atoms with Gasteiger partial charge < -0.3 is 14.3 Å². The van der Waals surface area contributed by atoms with Crippen molar-refractivity contribution in [3.05, 3.63) is 16.4 Å². The minimum Gasteiger partial charge on any atom is -0.465 e. The highest BCUT2D eigenvalue weighted by Gasteiger charge is 2.37. The lowest BCUT2D eigenvalue weighted by atomic mass is 9.98. The summed E-state index contributed by atoms with van der Waals surface area (Å²) in [7, 11) is 0. The second-order valence-corrected chi connectivity index (χ2v) is 5.83. The lowest BCUT2D eigenvalue weighted by Gasteiger charge is -2.42. The Morgan fingerprint density at radius 3 is 2.55 bits per heavy atom. The molecule has 1 amide bonds. The van der Waals surface area contributed by atoms with Crippen molar-refractivity contribution in [1.82, 2.24) is 15.1 Å². The average molecular weight is 285 g/mol. The van der Waals surface area contributed by atoms with Crippen LogP contribution in [-0.4, -0.2) is 44.5 Å². The van der Waals surface area contributed by atoms with Gasteiger partial charge in [-0.05, 0) is 33.6 Å². The number of H-pyrrole nitrogens is 1. The first kappa shape index (κ1) is 14.6. The lowest BCUT2D eigenvalue weighted by Crippen LogP contribution is -2.54. The molecular weight excluding hydrogens is 266 g/mol. The number of hydrogen-bond acceptors (Lipinski definition) is 5. The third kappa shape index (κ3) is 3.01. The second kappa shape index (κ2) is 5.28. The maximum atomic E-state index is 11.4. The van der Waals surface area contributed by atoms with Crippen LogP contribution in [0.3, 0.4) is 0 Å². The zero-order valence-corrected chi connectivity index (χ0v) is 11.8. The number of aromatic nitrogens is 2. The first-order valence-electron chi connectivity index (χ1n) is 6.48. The Balaban J connectivity index is 2.03. The van der Waals surface area contributed by atoms with Gasteiger partial charge in [0, 0.05) is 5.54 Å². The molecule has 1 saturated heterocycles. The van der Waals surface area contributed by atoms with Gasteiger partial charge in [-0.2, -0.15) is 0 Å². The number of amides is 1. The Hall–Kier alpha value is -1.83. The van der Waals surface area contributed by atoms with Gasteiger partial charge in [-0.3, -0.25) is 4.90 Å². The monoisotopic (exact) mass is 285 g/mol. The van der Waals surface area contributed by atoms with E-state index in [1.54, 1.807) is 0 Å². The number of carboxylic acid groups (broad SMARTS) is 1. The first-order valence-corrected chi connectivity index (χ1v) is 6.48. The van der Waals surface area contributed by atoms with Gasteiger partial charge in [-0.1, -0.05) is 0 Å². The van der Waals surface area contributed by atoms with E-state index in [1.807, 2.05) is 20.8 Å². The van der Waals surface area contributed by atoms with Gasteiger partial charge in [0.2, 0.25) is 5.89 Å². The molecule has 2 heterocycles. The van der Waals surface area contributed by atoms with Crippen LogP contribution < -0.4 is 5.76 Å². The summed E-state index contributed by atoms with van der Waals surface area (Å²) in [6, 6.07) is -0.214. The predicted molar refractivity (Wildman–Crippen MR) is 68.5 cm³/mol. The van der Waals surface area contributed by atoms with Crippen LogP contribution in [0.25, 0.3) is 0 Å². The molecule has 1 aromatic heterocycles. The molecule has 8 nitrogen and oxygen atoms in total. The average Bonchev–Trinajstić information content (AvgIpc) is 2.74. The molecule has 1 aromatic rings. The Morgan fingerprint density at radius 1 is 1.45 bits per heavy atom. The third-order valence-electron chi connectivity index (χ3n) is 3.28. The fraction of sp³-hybridized carbons (Fsp3) is 0.750. The smallest absolute Gasteiger partial charge is 0.434 e. The van der Waals surface area contributed by atoms with Gasteiger partial charge in [0.15, 0.2) is 0 Å². The van der Waals surface area contributed by atoms with Crippen LogP contribution in [0.5, 0.6) is 0 Å². The van der Waals surface area contributed by atoms with E-state index in [9.17, 15) is 14.7 Å². The largest absolute Gasteiger partial charge is 0.465 e. The standard InChI is InChI=1S/C12H19N3O5/c1-12(2,3)15(11(17)18)7-4-5-8(19-6-7)9-13-14-10(16)20-9/h7-8H,4-6H2,1-3H3,(H,14,16)(H,17,18)/t7-,8+/m1/s1. The maximum Gasteiger partial charge on any atom is 0.434 e. The van der Waals surface area contributed by atoms with E-state index in [1.165, 1.54) is 4.90 Å². The fourth-order valence-corrected chi connectivity index (χ4v) is 2.51. The molecule has 0 spiro atoms. The normalized spacial score (nSPS) is 23.6.